The van der Waals surface area contributed by atoms with E-state index in [1.807, 2.05) is 4.90 Å². The number of H-pyrrole nitrogens is 1. The van der Waals surface area contributed by atoms with Gasteiger partial charge in [0.1, 0.15) is 0 Å². The number of hydrogen-bond donors (Lipinski definition) is 1. The topological polar surface area (TPSA) is 87.4 Å². The highest BCUT2D eigenvalue weighted by Crippen LogP contribution is 2.35. The lowest BCUT2D eigenvalue weighted by atomic mass is 9.99. The van der Waals surface area contributed by atoms with E-state index in [1.165, 1.54) is 6.08 Å². The van der Waals surface area contributed by atoms with Crippen LogP contribution in [0, 0.1) is 0 Å². The normalized spacial score (nSPS) is 23.2. The molecule has 1 fully saturated rings. The molecule has 0 saturated carbocycles. The number of hydrogen-bond acceptors (Lipinski definition) is 5. The highest BCUT2D eigenvalue weighted by atomic mass is 35.5. The minimum atomic E-state index is -0.671. The maximum Gasteiger partial charge on any atom is 0.250 e. The largest absolute Gasteiger partial charge is 0.357 e. The highest BCUT2D eigenvalue weighted by molar-refractivity contribution is 6.30. The van der Waals surface area contributed by atoms with Gasteiger partial charge in [0.15, 0.2) is 0 Å². The molecule has 0 aliphatic carbocycles. The molecular weight excluding hydrogens is 409 g/mol. The smallest absolute Gasteiger partial charge is 0.250 e. The number of carbonyl (C=O) groups is 1. The van der Waals surface area contributed by atoms with Gasteiger partial charge in [0.05, 0.1) is 16.6 Å². The van der Waals surface area contributed by atoms with E-state index in [2.05, 4.69) is 26.8 Å². The van der Waals surface area contributed by atoms with Crippen molar-refractivity contribution in [1.29, 1.82) is 0 Å². The molecule has 0 bridgehead atoms. The van der Waals surface area contributed by atoms with Crippen molar-refractivity contribution in [3.05, 3.63) is 46.3 Å². The minimum absolute atomic E-state index is 0.0536. The Morgan fingerprint density at radius 3 is 3.03 bits per heavy atom. The van der Waals surface area contributed by atoms with Gasteiger partial charge in [-0.25, -0.2) is 4.99 Å². The number of fused-ring (bicyclic) bond motifs is 1. The summed E-state index contributed by atoms with van der Waals surface area (Å²) in [6.45, 7) is 5.44. The zero-order valence-electron chi connectivity index (χ0n) is 16.7. The molecule has 7 nitrogen and oxygen atoms in total. The van der Waals surface area contributed by atoms with Gasteiger partial charge in [-0.1, -0.05) is 23.2 Å². The molecular formula is C21H23ClFN5O2. The van der Waals surface area contributed by atoms with E-state index in [0.717, 1.165) is 25.7 Å². The average molecular weight is 432 g/mol. The number of aliphatic imine (C=N–C) groups is 1. The lowest BCUT2D eigenvalue weighted by Gasteiger charge is -2.29. The van der Waals surface area contributed by atoms with Crippen LogP contribution in [0.5, 0.6) is 0 Å². The van der Waals surface area contributed by atoms with Crippen LogP contribution in [0.15, 0.2) is 45.0 Å². The Bertz CT molecular complexity index is 1020. The van der Waals surface area contributed by atoms with Gasteiger partial charge in [-0.15, -0.1) is 0 Å². The van der Waals surface area contributed by atoms with Crippen LogP contribution in [-0.2, 0) is 4.79 Å². The summed E-state index contributed by atoms with van der Waals surface area (Å²) < 4.78 is 19.2. The molecule has 2 aromatic rings. The molecule has 4 heterocycles. The number of nitrogens with zero attached hydrogens (tertiary/aromatic N) is 4. The maximum atomic E-state index is 13.6. The van der Waals surface area contributed by atoms with Crippen molar-refractivity contribution in [3.8, 4) is 11.5 Å². The lowest BCUT2D eigenvalue weighted by molar-refractivity contribution is -0.129. The predicted molar refractivity (Wildman–Crippen MR) is 112 cm³/mol. The molecule has 0 aromatic carbocycles. The lowest BCUT2D eigenvalue weighted by Crippen LogP contribution is -2.40. The summed E-state index contributed by atoms with van der Waals surface area (Å²) in [4.78, 5) is 25.9. The second-order valence-corrected chi connectivity index (χ2v) is 8.18. The first-order valence-electron chi connectivity index (χ1n) is 9.98. The van der Waals surface area contributed by atoms with Gasteiger partial charge in [0.2, 0.25) is 23.6 Å². The third kappa shape index (κ3) is 4.09. The summed E-state index contributed by atoms with van der Waals surface area (Å²) >= 11 is 5.96. The Labute approximate surface area is 178 Å². The third-order valence-electron chi connectivity index (χ3n) is 5.88. The first-order valence-corrected chi connectivity index (χ1v) is 10.4. The number of halogens is 2. The number of nitrogens with one attached hydrogen (secondary N) is 1. The Morgan fingerprint density at radius 1 is 1.47 bits per heavy atom. The average Bonchev–Trinajstić information content (AvgIpc) is 3.32. The maximum absolute atomic E-state index is 13.6. The minimum Gasteiger partial charge on any atom is -0.357 e. The summed E-state index contributed by atoms with van der Waals surface area (Å²) in [7, 11) is 0. The molecule has 2 aromatic heterocycles. The van der Waals surface area contributed by atoms with E-state index in [-0.39, 0.29) is 17.9 Å². The molecule has 2 atom stereocenters. The van der Waals surface area contributed by atoms with Crippen LogP contribution in [-0.4, -0.2) is 45.2 Å². The molecule has 0 spiro atoms. The summed E-state index contributed by atoms with van der Waals surface area (Å²) in [5.41, 5.74) is 1.91. The van der Waals surface area contributed by atoms with E-state index in [1.54, 1.807) is 19.2 Å². The summed E-state index contributed by atoms with van der Waals surface area (Å²) in [6.07, 6.45) is 7.07. The van der Waals surface area contributed by atoms with Crippen LogP contribution in [0.3, 0.4) is 0 Å². The molecule has 9 heteroatoms. The van der Waals surface area contributed by atoms with Crippen molar-refractivity contribution in [2.24, 2.45) is 4.99 Å². The number of amides is 1. The van der Waals surface area contributed by atoms with E-state index >= 15 is 0 Å². The summed E-state index contributed by atoms with van der Waals surface area (Å²) in [5.74, 6) is 0.147. The molecule has 158 valence electrons. The van der Waals surface area contributed by atoms with E-state index in [9.17, 15) is 9.18 Å². The van der Waals surface area contributed by atoms with Gasteiger partial charge in [0, 0.05) is 24.4 Å². The zero-order chi connectivity index (χ0) is 21.3. The third-order valence-corrected chi connectivity index (χ3v) is 6.10. The van der Waals surface area contributed by atoms with Crippen LogP contribution >= 0.6 is 11.6 Å². The standard InChI is InChI=1S/C21H23ClFN5O2/c1-12-13(8-18(23)24-2)6-7-16-5-3-4-14(11-28(16)21(12)29)20-26-19(27-30-20)17-9-15(22)10-25-17/h8-10,14,16,25H,2-7,11H2,1H3. The van der Waals surface area contributed by atoms with E-state index < -0.39 is 5.95 Å². The van der Waals surface area contributed by atoms with Crippen LogP contribution in [0.1, 0.15) is 50.8 Å². The number of aromatic amines is 1. The van der Waals surface area contributed by atoms with Crippen molar-refractivity contribution in [1.82, 2.24) is 20.0 Å². The zero-order valence-corrected chi connectivity index (χ0v) is 17.5. The monoisotopic (exact) mass is 431 g/mol. The van der Waals surface area contributed by atoms with Gasteiger partial charge in [-0.3, -0.25) is 4.79 Å². The van der Waals surface area contributed by atoms with Gasteiger partial charge in [-0.2, -0.15) is 9.37 Å². The fraction of sp³-hybridized carbons (Fsp3) is 0.429. The predicted octanol–water partition coefficient (Wildman–Crippen LogP) is 4.80. The second-order valence-electron chi connectivity index (χ2n) is 7.74. The van der Waals surface area contributed by atoms with Crippen molar-refractivity contribution in [2.75, 3.05) is 6.54 Å². The molecule has 1 saturated heterocycles. The van der Waals surface area contributed by atoms with Crippen LogP contribution < -0.4 is 0 Å². The summed E-state index contributed by atoms with van der Waals surface area (Å²) in [5, 5.41) is 4.63. The molecule has 0 radical (unpaired) electrons. The Kier molecular flexibility index (Phi) is 5.85. The number of aromatic nitrogens is 3. The van der Waals surface area contributed by atoms with Crippen molar-refractivity contribution >= 4 is 24.2 Å². The first-order chi connectivity index (χ1) is 14.5. The van der Waals surface area contributed by atoms with Crippen molar-refractivity contribution < 1.29 is 13.7 Å². The quantitative estimate of drug-likeness (QED) is 0.556. The van der Waals surface area contributed by atoms with Crippen molar-refractivity contribution in [2.45, 2.75) is 51.0 Å². The van der Waals surface area contributed by atoms with Gasteiger partial charge < -0.3 is 14.4 Å². The van der Waals surface area contributed by atoms with Crippen LogP contribution in [0.2, 0.25) is 5.02 Å². The molecule has 2 aliphatic rings. The second kappa shape index (κ2) is 8.55. The molecule has 4 rings (SSSR count). The molecule has 2 aliphatic heterocycles. The fourth-order valence-electron chi connectivity index (χ4n) is 4.22. The SMILES string of the molecule is C=NC(F)=CC1=C(C)C(=O)N2CC(c3nc(-c4cc(Cl)c[nH]4)no3)CCCC2CC1. The first kappa shape index (κ1) is 20.5. The van der Waals surface area contributed by atoms with Crippen molar-refractivity contribution in [3.63, 3.8) is 0 Å². The van der Waals surface area contributed by atoms with Crippen LogP contribution in [0.25, 0.3) is 11.5 Å². The summed E-state index contributed by atoms with van der Waals surface area (Å²) in [6, 6.07) is 1.84. The molecule has 30 heavy (non-hydrogen) atoms. The Hall–Kier alpha value is -2.74. The molecule has 1 amide bonds. The number of carbonyl (C=O) groups excluding carboxylic acids is 1. The Balaban J connectivity index is 1.58. The fourth-order valence-corrected chi connectivity index (χ4v) is 4.39. The Morgan fingerprint density at radius 2 is 2.30 bits per heavy atom. The molecule has 1 N–H and O–H groups in total. The number of allylic oxidation sites excluding steroid dienone is 2. The van der Waals surface area contributed by atoms with E-state index in [0.29, 0.717) is 46.5 Å². The van der Waals surface area contributed by atoms with Gasteiger partial charge in [-0.05, 0) is 57.0 Å². The number of rotatable bonds is 4. The van der Waals surface area contributed by atoms with E-state index in [4.69, 9.17) is 16.1 Å². The van der Waals surface area contributed by atoms with Gasteiger partial charge in [0.25, 0.3) is 0 Å². The van der Waals surface area contributed by atoms with Gasteiger partial charge >= 0.3 is 0 Å². The van der Waals surface area contributed by atoms with Crippen LogP contribution in [0.4, 0.5) is 4.39 Å². The molecule has 2 unspecified atom stereocenters. The highest BCUT2D eigenvalue weighted by Gasteiger charge is 2.35.